The predicted octanol–water partition coefficient (Wildman–Crippen LogP) is 3.87. The third kappa shape index (κ3) is 3.70. The van der Waals surface area contributed by atoms with Gasteiger partial charge in [0.1, 0.15) is 18.1 Å². The number of benzene rings is 1. The van der Waals surface area contributed by atoms with E-state index in [4.69, 9.17) is 9.47 Å². The molecule has 0 aliphatic heterocycles. The first-order valence-electron chi connectivity index (χ1n) is 6.01. The van der Waals surface area contributed by atoms with E-state index in [1.54, 1.807) is 7.11 Å². The molecule has 4 heteroatoms. The molecule has 2 rings (SSSR count). The SMILES string of the molecule is COc1cccc(COc2ccc(C)nc2CBr)c1. The van der Waals surface area contributed by atoms with Gasteiger partial charge in [0.15, 0.2) is 0 Å². The van der Waals surface area contributed by atoms with Gasteiger partial charge >= 0.3 is 0 Å². The lowest BCUT2D eigenvalue weighted by molar-refractivity contribution is 0.301. The molecule has 0 radical (unpaired) electrons. The Morgan fingerprint density at radius 2 is 2.05 bits per heavy atom. The normalized spacial score (nSPS) is 10.3. The highest BCUT2D eigenvalue weighted by atomic mass is 79.9. The van der Waals surface area contributed by atoms with E-state index in [0.29, 0.717) is 11.9 Å². The van der Waals surface area contributed by atoms with Gasteiger partial charge in [0, 0.05) is 11.0 Å². The van der Waals surface area contributed by atoms with Gasteiger partial charge in [-0.3, -0.25) is 4.98 Å². The number of aromatic nitrogens is 1. The molecular weight excluding hydrogens is 306 g/mol. The Bertz CT molecular complexity index is 558. The third-order valence-corrected chi connectivity index (χ3v) is 3.26. The predicted molar refractivity (Wildman–Crippen MR) is 78.9 cm³/mol. The average molecular weight is 322 g/mol. The minimum atomic E-state index is 0.502. The Balaban J connectivity index is 2.09. The molecule has 1 aromatic carbocycles. The number of halogens is 1. The zero-order valence-corrected chi connectivity index (χ0v) is 12.6. The molecule has 0 N–H and O–H groups in total. The van der Waals surface area contributed by atoms with Crippen molar-refractivity contribution in [3.63, 3.8) is 0 Å². The number of rotatable bonds is 5. The van der Waals surface area contributed by atoms with Crippen LogP contribution >= 0.6 is 15.9 Å². The molecular formula is C15H16BrNO2. The number of aryl methyl sites for hydroxylation is 1. The molecule has 0 amide bonds. The highest BCUT2D eigenvalue weighted by Crippen LogP contribution is 2.21. The molecule has 0 atom stereocenters. The molecule has 1 heterocycles. The Morgan fingerprint density at radius 3 is 2.79 bits per heavy atom. The van der Waals surface area contributed by atoms with Crippen molar-refractivity contribution in [2.75, 3.05) is 7.11 Å². The van der Waals surface area contributed by atoms with Gasteiger partial charge in [0.05, 0.1) is 12.8 Å². The number of methoxy groups -OCH3 is 1. The molecule has 1 aromatic heterocycles. The van der Waals surface area contributed by atoms with Crippen molar-refractivity contribution in [2.45, 2.75) is 18.9 Å². The summed E-state index contributed by atoms with van der Waals surface area (Å²) < 4.78 is 11.0. The maximum Gasteiger partial charge on any atom is 0.142 e. The highest BCUT2D eigenvalue weighted by Gasteiger charge is 2.05. The van der Waals surface area contributed by atoms with Crippen molar-refractivity contribution in [2.24, 2.45) is 0 Å². The van der Waals surface area contributed by atoms with E-state index in [9.17, 15) is 0 Å². The second kappa shape index (κ2) is 6.57. The van der Waals surface area contributed by atoms with Crippen molar-refractivity contribution in [3.8, 4) is 11.5 Å². The van der Waals surface area contributed by atoms with Crippen LogP contribution in [0.1, 0.15) is 17.0 Å². The van der Waals surface area contributed by atoms with E-state index in [-0.39, 0.29) is 0 Å². The maximum absolute atomic E-state index is 5.82. The smallest absolute Gasteiger partial charge is 0.142 e. The van der Waals surface area contributed by atoms with Gasteiger partial charge in [-0.05, 0) is 36.8 Å². The van der Waals surface area contributed by atoms with Crippen LogP contribution in [-0.4, -0.2) is 12.1 Å². The van der Waals surface area contributed by atoms with Gasteiger partial charge in [0.2, 0.25) is 0 Å². The van der Waals surface area contributed by atoms with E-state index < -0.39 is 0 Å². The lowest BCUT2D eigenvalue weighted by Gasteiger charge is -2.10. The molecule has 0 bridgehead atoms. The molecule has 19 heavy (non-hydrogen) atoms. The first kappa shape index (κ1) is 13.9. The lowest BCUT2D eigenvalue weighted by atomic mass is 10.2. The third-order valence-electron chi connectivity index (χ3n) is 2.73. The Morgan fingerprint density at radius 1 is 1.21 bits per heavy atom. The molecule has 0 aliphatic rings. The molecule has 2 aromatic rings. The summed E-state index contributed by atoms with van der Waals surface area (Å²) in [5.74, 6) is 1.65. The lowest BCUT2D eigenvalue weighted by Crippen LogP contribution is -2.00. The van der Waals surface area contributed by atoms with Crippen LogP contribution in [0.2, 0.25) is 0 Å². The van der Waals surface area contributed by atoms with Gasteiger partial charge in [-0.2, -0.15) is 0 Å². The summed E-state index contributed by atoms with van der Waals surface area (Å²) in [5, 5.41) is 0.683. The first-order valence-corrected chi connectivity index (χ1v) is 7.13. The summed E-state index contributed by atoms with van der Waals surface area (Å²) in [4.78, 5) is 4.44. The number of ether oxygens (including phenoxy) is 2. The van der Waals surface area contributed by atoms with Gasteiger partial charge in [-0.25, -0.2) is 0 Å². The number of alkyl halides is 1. The molecule has 0 spiro atoms. The molecule has 0 fully saturated rings. The Kier molecular flexibility index (Phi) is 4.80. The molecule has 3 nitrogen and oxygen atoms in total. The molecule has 100 valence electrons. The topological polar surface area (TPSA) is 31.4 Å². The van der Waals surface area contributed by atoms with Gasteiger partial charge in [-0.15, -0.1) is 0 Å². The fourth-order valence-electron chi connectivity index (χ4n) is 1.75. The van der Waals surface area contributed by atoms with Crippen molar-refractivity contribution < 1.29 is 9.47 Å². The standard InChI is InChI=1S/C15H16BrNO2/c1-11-6-7-15(14(9-16)17-11)19-10-12-4-3-5-13(8-12)18-2/h3-8H,9-10H2,1-2H3. The fraction of sp³-hybridized carbons (Fsp3) is 0.267. The largest absolute Gasteiger partial charge is 0.497 e. The number of pyridine rings is 1. The number of nitrogens with zero attached hydrogens (tertiary/aromatic N) is 1. The zero-order chi connectivity index (χ0) is 13.7. The summed E-state index contributed by atoms with van der Waals surface area (Å²) in [6.07, 6.45) is 0. The van der Waals surface area contributed by atoms with Crippen LogP contribution < -0.4 is 9.47 Å². The van der Waals surface area contributed by atoms with E-state index in [2.05, 4.69) is 20.9 Å². The van der Waals surface area contributed by atoms with Gasteiger partial charge < -0.3 is 9.47 Å². The molecule has 0 unspecified atom stereocenters. The van der Waals surface area contributed by atoms with Gasteiger partial charge in [0.25, 0.3) is 0 Å². The number of hydrogen-bond donors (Lipinski definition) is 0. The first-order chi connectivity index (χ1) is 9.22. The monoisotopic (exact) mass is 321 g/mol. The second-order valence-electron chi connectivity index (χ2n) is 4.17. The fourth-order valence-corrected chi connectivity index (χ4v) is 2.15. The minimum Gasteiger partial charge on any atom is -0.497 e. The summed E-state index contributed by atoms with van der Waals surface area (Å²) >= 11 is 3.43. The second-order valence-corrected chi connectivity index (χ2v) is 4.73. The van der Waals surface area contributed by atoms with Crippen LogP contribution in [0.25, 0.3) is 0 Å². The minimum absolute atomic E-state index is 0.502. The maximum atomic E-state index is 5.82. The average Bonchev–Trinajstić information content (AvgIpc) is 2.46. The van der Waals surface area contributed by atoms with E-state index in [1.807, 2.05) is 43.3 Å². The van der Waals surface area contributed by atoms with Crippen molar-refractivity contribution in [3.05, 3.63) is 53.3 Å². The van der Waals surface area contributed by atoms with E-state index in [0.717, 1.165) is 28.5 Å². The Labute approximate surface area is 121 Å². The summed E-state index contributed by atoms with van der Waals surface area (Å²) in [5.41, 5.74) is 2.98. The summed E-state index contributed by atoms with van der Waals surface area (Å²) in [6, 6.07) is 11.8. The van der Waals surface area contributed by atoms with Crippen LogP contribution in [0.3, 0.4) is 0 Å². The van der Waals surface area contributed by atoms with Crippen LogP contribution in [-0.2, 0) is 11.9 Å². The van der Waals surface area contributed by atoms with Crippen LogP contribution in [0.4, 0.5) is 0 Å². The van der Waals surface area contributed by atoms with Crippen LogP contribution in [0.15, 0.2) is 36.4 Å². The van der Waals surface area contributed by atoms with Crippen molar-refractivity contribution >= 4 is 15.9 Å². The van der Waals surface area contributed by atoms with Crippen molar-refractivity contribution in [1.82, 2.24) is 4.98 Å². The van der Waals surface area contributed by atoms with Crippen LogP contribution in [0, 0.1) is 6.92 Å². The van der Waals surface area contributed by atoms with Gasteiger partial charge in [-0.1, -0.05) is 28.1 Å². The van der Waals surface area contributed by atoms with Crippen LogP contribution in [0.5, 0.6) is 11.5 Å². The molecule has 0 aliphatic carbocycles. The zero-order valence-electron chi connectivity index (χ0n) is 11.0. The van der Waals surface area contributed by atoms with Crippen molar-refractivity contribution in [1.29, 1.82) is 0 Å². The summed E-state index contributed by atoms with van der Waals surface area (Å²) in [7, 11) is 1.66. The summed E-state index contributed by atoms with van der Waals surface area (Å²) in [6.45, 7) is 2.47. The Hall–Kier alpha value is -1.55. The van der Waals surface area contributed by atoms with E-state index >= 15 is 0 Å². The molecule has 0 saturated carbocycles. The van der Waals surface area contributed by atoms with E-state index in [1.165, 1.54) is 0 Å². The highest BCUT2D eigenvalue weighted by molar-refractivity contribution is 9.08. The number of hydrogen-bond acceptors (Lipinski definition) is 3. The molecule has 0 saturated heterocycles. The quantitative estimate of drug-likeness (QED) is 0.783.